The van der Waals surface area contributed by atoms with Gasteiger partial charge in [-0.25, -0.2) is 4.79 Å². The molecule has 0 aromatic heterocycles. The number of benzene rings is 1. The molecule has 0 bridgehead atoms. The van der Waals surface area contributed by atoms with E-state index < -0.39 is 6.10 Å². The van der Waals surface area contributed by atoms with E-state index in [9.17, 15) is 9.90 Å². The molecule has 4 heteroatoms. The number of para-hydroxylation sites is 1. The standard InChI is InChI=1S/C17H26O4/c1-3-5-6-9-12-21-16(17(19)20-4-2)13-14-10-7-8-11-15(14)18/h7-8,10-11,16,18H,3-6,9,12-13H2,1-2H3. The van der Waals surface area contributed by atoms with Gasteiger partial charge in [0.15, 0.2) is 6.10 Å². The molecule has 0 heterocycles. The maximum Gasteiger partial charge on any atom is 0.335 e. The first-order valence-electron chi connectivity index (χ1n) is 7.74. The molecule has 118 valence electrons. The average Bonchev–Trinajstić information content (AvgIpc) is 2.48. The van der Waals surface area contributed by atoms with Crippen LogP contribution in [0, 0.1) is 0 Å². The Morgan fingerprint density at radius 2 is 1.95 bits per heavy atom. The highest BCUT2D eigenvalue weighted by atomic mass is 16.6. The molecular weight excluding hydrogens is 268 g/mol. The molecule has 1 unspecified atom stereocenters. The lowest BCUT2D eigenvalue weighted by Gasteiger charge is -2.17. The lowest BCUT2D eigenvalue weighted by molar-refractivity contribution is -0.156. The Labute approximate surface area is 127 Å². The Balaban J connectivity index is 2.56. The van der Waals surface area contributed by atoms with Gasteiger partial charge in [0.1, 0.15) is 5.75 Å². The summed E-state index contributed by atoms with van der Waals surface area (Å²) in [6, 6.07) is 6.99. The fraction of sp³-hybridized carbons (Fsp3) is 0.588. The van der Waals surface area contributed by atoms with Crippen molar-refractivity contribution in [2.24, 2.45) is 0 Å². The van der Waals surface area contributed by atoms with Crippen molar-refractivity contribution in [1.29, 1.82) is 0 Å². The Bertz CT molecular complexity index is 417. The molecule has 4 nitrogen and oxygen atoms in total. The summed E-state index contributed by atoms with van der Waals surface area (Å²) in [5.74, 6) is -0.183. The summed E-state index contributed by atoms with van der Waals surface area (Å²) in [6.45, 7) is 4.79. The average molecular weight is 294 g/mol. The van der Waals surface area contributed by atoms with E-state index in [1.165, 1.54) is 12.8 Å². The molecule has 21 heavy (non-hydrogen) atoms. The number of phenols is 1. The topological polar surface area (TPSA) is 55.8 Å². The number of ether oxygens (including phenoxy) is 2. The fourth-order valence-corrected chi connectivity index (χ4v) is 2.08. The monoisotopic (exact) mass is 294 g/mol. The van der Waals surface area contributed by atoms with Gasteiger partial charge in [0.05, 0.1) is 6.61 Å². The molecule has 1 atom stereocenters. The smallest absolute Gasteiger partial charge is 0.335 e. The van der Waals surface area contributed by atoms with Gasteiger partial charge in [0.2, 0.25) is 0 Å². The second-order valence-corrected chi connectivity index (χ2v) is 5.00. The van der Waals surface area contributed by atoms with Crippen LogP contribution in [0.3, 0.4) is 0 Å². The van der Waals surface area contributed by atoms with E-state index in [4.69, 9.17) is 9.47 Å². The van der Waals surface area contributed by atoms with Gasteiger partial charge in [-0.05, 0) is 25.0 Å². The van der Waals surface area contributed by atoms with Crippen molar-refractivity contribution in [3.63, 3.8) is 0 Å². The molecule has 1 rings (SSSR count). The third kappa shape index (κ3) is 6.63. The van der Waals surface area contributed by atoms with Crippen molar-refractivity contribution in [3.05, 3.63) is 29.8 Å². The first-order chi connectivity index (χ1) is 10.2. The number of rotatable bonds is 10. The predicted octanol–water partition coefficient (Wildman–Crippen LogP) is 3.46. The normalized spacial score (nSPS) is 12.1. The van der Waals surface area contributed by atoms with Gasteiger partial charge in [0, 0.05) is 13.0 Å². The molecule has 0 aliphatic rings. The van der Waals surface area contributed by atoms with Crippen molar-refractivity contribution in [3.8, 4) is 5.75 Å². The maximum absolute atomic E-state index is 11.9. The maximum atomic E-state index is 11.9. The largest absolute Gasteiger partial charge is 0.508 e. The van der Waals surface area contributed by atoms with Crippen LogP contribution in [0.2, 0.25) is 0 Å². The number of carbonyl (C=O) groups is 1. The van der Waals surface area contributed by atoms with Gasteiger partial charge in [-0.1, -0.05) is 44.4 Å². The van der Waals surface area contributed by atoms with Crippen molar-refractivity contribution in [2.45, 2.75) is 52.1 Å². The number of hydrogen-bond acceptors (Lipinski definition) is 4. The molecule has 0 amide bonds. The van der Waals surface area contributed by atoms with E-state index in [0.29, 0.717) is 25.2 Å². The SMILES string of the molecule is CCCCCCOC(Cc1ccccc1O)C(=O)OCC. The van der Waals surface area contributed by atoms with Crippen LogP contribution in [0.4, 0.5) is 0 Å². The predicted molar refractivity (Wildman–Crippen MR) is 82.3 cm³/mol. The summed E-state index contributed by atoms with van der Waals surface area (Å²) >= 11 is 0. The summed E-state index contributed by atoms with van der Waals surface area (Å²) in [4.78, 5) is 11.9. The van der Waals surface area contributed by atoms with Crippen LogP contribution in [-0.4, -0.2) is 30.4 Å². The van der Waals surface area contributed by atoms with Crippen molar-refractivity contribution < 1.29 is 19.4 Å². The quantitative estimate of drug-likeness (QED) is 0.530. The molecule has 0 spiro atoms. The van der Waals surface area contributed by atoms with Crippen LogP contribution >= 0.6 is 0 Å². The van der Waals surface area contributed by atoms with Crippen LogP contribution in [0.25, 0.3) is 0 Å². The number of hydrogen-bond donors (Lipinski definition) is 1. The minimum atomic E-state index is -0.653. The second-order valence-electron chi connectivity index (χ2n) is 5.00. The molecule has 0 radical (unpaired) electrons. The lowest BCUT2D eigenvalue weighted by atomic mass is 10.1. The summed E-state index contributed by atoms with van der Waals surface area (Å²) in [6.07, 6.45) is 4.05. The highest BCUT2D eigenvalue weighted by molar-refractivity contribution is 5.75. The number of carbonyl (C=O) groups excluding carboxylic acids is 1. The second kappa shape index (κ2) is 10.2. The Kier molecular flexibility index (Phi) is 8.51. The van der Waals surface area contributed by atoms with Crippen LogP contribution < -0.4 is 0 Å². The summed E-state index contributed by atoms with van der Waals surface area (Å²) in [7, 11) is 0. The molecule has 0 fully saturated rings. The van der Waals surface area contributed by atoms with E-state index in [2.05, 4.69) is 6.92 Å². The van der Waals surface area contributed by atoms with E-state index >= 15 is 0 Å². The molecular formula is C17H26O4. The van der Waals surface area contributed by atoms with Gasteiger partial charge in [-0.15, -0.1) is 0 Å². The van der Waals surface area contributed by atoms with E-state index in [1.54, 1.807) is 25.1 Å². The van der Waals surface area contributed by atoms with Gasteiger partial charge in [0.25, 0.3) is 0 Å². The number of unbranched alkanes of at least 4 members (excludes halogenated alkanes) is 3. The van der Waals surface area contributed by atoms with Crippen LogP contribution in [-0.2, 0) is 20.7 Å². The summed E-state index contributed by atoms with van der Waals surface area (Å²) < 4.78 is 10.7. The Hall–Kier alpha value is -1.55. The molecule has 0 aliphatic carbocycles. The van der Waals surface area contributed by atoms with Crippen molar-refractivity contribution in [1.82, 2.24) is 0 Å². The van der Waals surface area contributed by atoms with E-state index in [0.717, 1.165) is 12.8 Å². The lowest BCUT2D eigenvalue weighted by Crippen LogP contribution is -2.29. The van der Waals surface area contributed by atoms with Crippen molar-refractivity contribution >= 4 is 5.97 Å². The first-order valence-corrected chi connectivity index (χ1v) is 7.74. The van der Waals surface area contributed by atoms with Gasteiger partial charge in [-0.3, -0.25) is 0 Å². The first kappa shape index (κ1) is 17.5. The zero-order valence-electron chi connectivity index (χ0n) is 13.0. The fourth-order valence-electron chi connectivity index (χ4n) is 2.08. The summed E-state index contributed by atoms with van der Waals surface area (Å²) in [5.41, 5.74) is 0.698. The highest BCUT2D eigenvalue weighted by Crippen LogP contribution is 2.19. The van der Waals surface area contributed by atoms with Gasteiger partial charge >= 0.3 is 5.97 Å². The molecule has 1 aromatic carbocycles. The molecule has 1 aromatic rings. The Morgan fingerprint density at radius 1 is 1.19 bits per heavy atom. The minimum Gasteiger partial charge on any atom is -0.508 e. The zero-order chi connectivity index (χ0) is 15.5. The summed E-state index contributed by atoms with van der Waals surface area (Å²) in [5, 5.41) is 9.80. The number of aromatic hydroxyl groups is 1. The third-order valence-electron chi connectivity index (χ3n) is 3.26. The number of esters is 1. The minimum absolute atomic E-state index is 0.182. The van der Waals surface area contributed by atoms with Crippen LogP contribution in [0.5, 0.6) is 5.75 Å². The van der Waals surface area contributed by atoms with Crippen LogP contribution in [0.15, 0.2) is 24.3 Å². The van der Waals surface area contributed by atoms with Crippen molar-refractivity contribution in [2.75, 3.05) is 13.2 Å². The van der Waals surface area contributed by atoms with Crippen LogP contribution in [0.1, 0.15) is 45.1 Å². The third-order valence-corrected chi connectivity index (χ3v) is 3.26. The van der Waals surface area contributed by atoms with E-state index in [-0.39, 0.29) is 11.7 Å². The highest BCUT2D eigenvalue weighted by Gasteiger charge is 2.22. The molecule has 1 N–H and O–H groups in total. The zero-order valence-corrected chi connectivity index (χ0v) is 13.0. The number of phenolic OH excluding ortho intramolecular Hbond substituents is 1. The van der Waals surface area contributed by atoms with Gasteiger partial charge < -0.3 is 14.6 Å². The molecule has 0 saturated carbocycles. The molecule has 0 saturated heterocycles. The Morgan fingerprint density at radius 3 is 2.62 bits per heavy atom. The van der Waals surface area contributed by atoms with E-state index in [1.807, 2.05) is 6.07 Å². The van der Waals surface area contributed by atoms with Gasteiger partial charge in [-0.2, -0.15) is 0 Å². The molecule has 0 aliphatic heterocycles.